The molecule has 0 aliphatic rings. The molecule has 0 bridgehead atoms. The molecule has 2 N–H and O–H groups in total. The average molecular weight is 262 g/mol. The number of halogens is 1. The van der Waals surface area contributed by atoms with Crippen LogP contribution in [-0.4, -0.2) is 7.11 Å². The molecule has 0 spiro atoms. The number of hydrogen-bond donors (Lipinski definition) is 1. The summed E-state index contributed by atoms with van der Waals surface area (Å²) in [6, 6.07) is 15.4. The molecular weight excluding hydrogens is 246 g/mol. The van der Waals surface area contributed by atoms with Crippen molar-refractivity contribution in [2.75, 3.05) is 7.11 Å². The van der Waals surface area contributed by atoms with E-state index in [0.29, 0.717) is 5.02 Å². The van der Waals surface area contributed by atoms with Crippen molar-refractivity contribution < 1.29 is 4.74 Å². The molecule has 2 rings (SSSR count). The molecule has 0 aromatic heterocycles. The Morgan fingerprint density at radius 3 is 1.83 bits per heavy atom. The molecule has 3 heteroatoms. The first kappa shape index (κ1) is 12.9. The predicted molar refractivity (Wildman–Crippen MR) is 75.1 cm³/mol. The van der Waals surface area contributed by atoms with Crippen LogP contribution in [0.1, 0.15) is 18.1 Å². The Labute approximate surface area is 112 Å². The van der Waals surface area contributed by atoms with E-state index in [-0.39, 0.29) is 0 Å². The van der Waals surface area contributed by atoms with Gasteiger partial charge in [0.1, 0.15) is 5.75 Å². The van der Waals surface area contributed by atoms with E-state index in [1.165, 1.54) is 0 Å². The third-order valence-corrected chi connectivity index (χ3v) is 3.39. The van der Waals surface area contributed by atoms with Crippen molar-refractivity contribution in [3.63, 3.8) is 0 Å². The Morgan fingerprint density at radius 1 is 0.944 bits per heavy atom. The van der Waals surface area contributed by atoms with Gasteiger partial charge in [-0.2, -0.15) is 0 Å². The van der Waals surface area contributed by atoms with Gasteiger partial charge in [-0.25, -0.2) is 0 Å². The summed E-state index contributed by atoms with van der Waals surface area (Å²) in [5.74, 6) is 0.825. The maximum atomic E-state index is 6.42. The predicted octanol–water partition coefficient (Wildman–Crippen LogP) is 3.57. The topological polar surface area (TPSA) is 35.2 Å². The molecular formula is C15H16ClNO. The summed E-state index contributed by atoms with van der Waals surface area (Å²) in [6.45, 7) is 1.98. The lowest BCUT2D eigenvalue weighted by atomic mass is 9.86. The monoisotopic (exact) mass is 261 g/mol. The molecule has 2 aromatic rings. The lowest BCUT2D eigenvalue weighted by Gasteiger charge is -2.26. The van der Waals surface area contributed by atoms with Gasteiger partial charge < -0.3 is 10.5 Å². The quantitative estimate of drug-likeness (QED) is 0.917. The van der Waals surface area contributed by atoms with Crippen LogP contribution in [0.2, 0.25) is 5.02 Å². The summed E-state index contributed by atoms with van der Waals surface area (Å²) in [4.78, 5) is 0. The van der Waals surface area contributed by atoms with E-state index in [9.17, 15) is 0 Å². The first-order chi connectivity index (χ1) is 8.54. The third-order valence-electron chi connectivity index (χ3n) is 3.13. The summed E-state index contributed by atoms with van der Waals surface area (Å²) in [5.41, 5.74) is 7.93. The van der Waals surface area contributed by atoms with Gasteiger partial charge in [-0.3, -0.25) is 0 Å². The molecule has 0 aliphatic heterocycles. The number of rotatable bonds is 3. The lowest BCUT2D eigenvalue weighted by molar-refractivity contribution is 0.414. The van der Waals surface area contributed by atoms with Crippen molar-refractivity contribution in [2.24, 2.45) is 5.73 Å². The smallest absolute Gasteiger partial charge is 0.118 e. The molecule has 18 heavy (non-hydrogen) atoms. The second-order valence-electron chi connectivity index (χ2n) is 4.44. The van der Waals surface area contributed by atoms with Crippen LogP contribution in [-0.2, 0) is 5.54 Å². The Balaban J connectivity index is 2.37. The van der Waals surface area contributed by atoms with Gasteiger partial charge in [0.15, 0.2) is 0 Å². The van der Waals surface area contributed by atoms with E-state index in [1.54, 1.807) is 7.11 Å². The van der Waals surface area contributed by atoms with Crippen molar-refractivity contribution in [1.82, 2.24) is 0 Å². The highest BCUT2D eigenvalue weighted by Gasteiger charge is 2.23. The van der Waals surface area contributed by atoms with E-state index in [1.807, 2.05) is 55.5 Å². The minimum absolute atomic E-state index is 0.545. The van der Waals surface area contributed by atoms with Crippen LogP contribution in [0.3, 0.4) is 0 Å². The highest BCUT2D eigenvalue weighted by molar-refractivity contribution is 6.30. The minimum Gasteiger partial charge on any atom is -0.497 e. The molecule has 1 atom stereocenters. The fraction of sp³-hybridized carbons (Fsp3) is 0.200. The molecule has 0 heterocycles. The lowest BCUT2D eigenvalue weighted by Crippen LogP contribution is -2.34. The second kappa shape index (κ2) is 5.01. The molecule has 1 unspecified atom stereocenters. The number of methoxy groups -OCH3 is 1. The number of hydrogen-bond acceptors (Lipinski definition) is 2. The maximum absolute atomic E-state index is 6.42. The van der Waals surface area contributed by atoms with Crippen molar-refractivity contribution in [1.29, 1.82) is 0 Å². The summed E-state index contributed by atoms with van der Waals surface area (Å²) >= 11 is 5.89. The van der Waals surface area contributed by atoms with Crippen LogP contribution in [0, 0.1) is 0 Å². The minimum atomic E-state index is -0.545. The van der Waals surface area contributed by atoms with Crippen LogP contribution >= 0.6 is 11.6 Å². The standard InChI is InChI=1S/C15H16ClNO/c1-15(17,11-3-7-13(16)8-4-11)12-5-9-14(18-2)10-6-12/h3-10H,17H2,1-2H3. The highest BCUT2D eigenvalue weighted by Crippen LogP contribution is 2.28. The number of benzene rings is 2. The maximum Gasteiger partial charge on any atom is 0.118 e. The Kier molecular flexibility index (Phi) is 3.60. The van der Waals surface area contributed by atoms with Gasteiger partial charge in [-0.1, -0.05) is 35.9 Å². The van der Waals surface area contributed by atoms with Crippen molar-refractivity contribution in [3.8, 4) is 5.75 Å². The average Bonchev–Trinajstić information content (AvgIpc) is 2.39. The van der Waals surface area contributed by atoms with Gasteiger partial charge in [0, 0.05) is 5.02 Å². The summed E-state index contributed by atoms with van der Waals surface area (Å²) < 4.78 is 5.15. The van der Waals surface area contributed by atoms with E-state index in [4.69, 9.17) is 22.1 Å². The second-order valence-corrected chi connectivity index (χ2v) is 4.87. The zero-order valence-electron chi connectivity index (χ0n) is 10.5. The fourth-order valence-electron chi connectivity index (χ4n) is 1.90. The van der Waals surface area contributed by atoms with E-state index in [2.05, 4.69) is 0 Å². The normalized spacial score (nSPS) is 14.0. The Bertz CT molecular complexity index is 517. The summed E-state index contributed by atoms with van der Waals surface area (Å²) in [7, 11) is 1.65. The van der Waals surface area contributed by atoms with Gasteiger partial charge in [0.25, 0.3) is 0 Å². The van der Waals surface area contributed by atoms with Crippen LogP contribution in [0.5, 0.6) is 5.75 Å². The van der Waals surface area contributed by atoms with Crippen LogP contribution in [0.4, 0.5) is 0 Å². The number of ether oxygens (including phenoxy) is 1. The molecule has 0 aliphatic carbocycles. The van der Waals surface area contributed by atoms with E-state index < -0.39 is 5.54 Å². The van der Waals surface area contributed by atoms with Crippen LogP contribution < -0.4 is 10.5 Å². The molecule has 0 saturated carbocycles. The summed E-state index contributed by atoms with van der Waals surface area (Å²) in [6.07, 6.45) is 0. The zero-order chi connectivity index (χ0) is 13.2. The first-order valence-corrected chi connectivity index (χ1v) is 6.11. The fourth-order valence-corrected chi connectivity index (χ4v) is 2.03. The van der Waals surface area contributed by atoms with Crippen LogP contribution in [0.15, 0.2) is 48.5 Å². The van der Waals surface area contributed by atoms with Gasteiger partial charge in [-0.05, 0) is 42.3 Å². The Morgan fingerprint density at radius 2 is 1.39 bits per heavy atom. The van der Waals surface area contributed by atoms with E-state index >= 15 is 0 Å². The molecule has 2 nitrogen and oxygen atoms in total. The molecule has 0 fully saturated rings. The molecule has 0 amide bonds. The number of nitrogens with two attached hydrogens (primary N) is 1. The zero-order valence-corrected chi connectivity index (χ0v) is 11.2. The molecule has 0 saturated heterocycles. The van der Waals surface area contributed by atoms with Gasteiger partial charge in [0.05, 0.1) is 12.6 Å². The van der Waals surface area contributed by atoms with Gasteiger partial charge >= 0.3 is 0 Å². The van der Waals surface area contributed by atoms with Crippen molar-refractivity contribution in [3.05, 3.63) is 64.7 Å². The van der Waals surface area contributed by atoms with Crippen molar-refractivity contribution >= 4 is 11.6 Å². The SMILES string of the molecule is COc1ccc(C(C)(N)c2ccc(Cl)cc2)cc1. The Hall–Kier alpha value is -1.51. The summed E-state index contributed by atoms with van der Waals surface area (Å²) in [5, 5.41) is 0.712. The van der Waals surface area contributed by atoms with Crippen molar-refractivity contribution in [2.45, 2.75) is 12.5 Å². The first-order valence-electron chi connectivity index (χ1n) is 5.73. The molecule has 94 valence electrons. The molecule has 2 aromatic carbocycles. The largest absolute Gasteiger partial charge is 0.497 e. The van der Waals surface area contributed by atoms with Gasteiger partial charge in [-0.15, -0.1) is 0 Å². The van der Waals surface area contributed by atoms with Crippen LogP contribution in [0.25, 0.3) is 0 Å². The third kappa shape index (κ3) is 2.50. The highest BCUT2D eigenvalue weighted by atomic mass is 35.5. The van der Waals surface area contributed by atoms with E-state index in [0.717, 1.165) is 16.9 Å². The van der Waals surface area contributed by atoms with Gasteiger partial charge in [0.2, 0.25) is 0 Å². The molecule has 0 radical (unpaired) electrons.